The quantitative estimate of drug-likeness (QED) is 0.315. The van der Waals surface area contributed by atoms with Gasteiger partial charge in [0.2, 0.25) is 0 Å². The number of fused-ring (bicyclic) bond motifs is 1. The monoisotopic (exact) mass is 468 g/mol. The summed E-state index contributed by atoms with van der Waals surface area (Å²) in [5.41, 5.74) is 4.67. The first kappa shape index (κ1) is 27.3. The molecule has 0 bridgehead atoms. The number of hydrogen-bond donors (Lipinski definition) is 0. The largest absolute Gasteiger partial charge is 0.462 e. The maximum atomic E-state index is 12.2. The van der Waals surface area contributed by atoms with Crippen LogP contribution < -0.4 is 0 Å². The van der Waals surface area contributed by atoms with Crippen LogP contribution in [0.2, 0.25) is 0 Å². The van der Waals surface area contributed by atoms with E-state index in [4.69, 9.17) is 4.74 Å². The Hall–Kier alpha value is -1.31. The SMILES string of the molecule is C=C1CC[C@H](OC(=O)CC(C)C)C/C1=C/C=C1\CCC[C@]2(C)[C@@H]([C@H](C)CCCC(C)C)CC[C@@H]12. The lowest BCUT2D eigenvalue weighted by Crippen LogP contribution is -2.36. The van der Waals surface area contributed by atoms with Crippen LogP contribution in [0, 0.1) is 35.0 Å². The molecule has 0 radical (unpaired) electrons. The predicted octanol–water partition coefficient (Wildman–Crippen LogP) is 9.22. The number of hydrogen-bond acceptors (Lipinski definition) is 2. The molecule has 3 aliphatic rings. The zero-order valence-corrected chi connectivity index (χ0v) is 23.1. The Morgan fingerprint density at radius 3 is 2.53 bits per heavy atom. The van der Waals surface area contributed by atoms with Crippen molar-refractivity contribution < 1.29 is 9.53 Å². The molecule has 0 aromatic rings. The predicted molar refractivity (Wildman–Crippen MR) is 145 cm³/mol. The normalized spacial score (nSPS) is 33.1. The second-order valence-electron chi connectivity index (χ2n) is 12.9. The van der Waals surface area contributed by atoms with Gasteiger partial charge in [0, 0.05) is 12.8 Å². The summed E-state index contributed by atoms with van der Waals surface area (Å²) in [6.07, 6.45) is 18.9. The molecule has 0 spiro atoms. The van der Waals surface area contributed by atoms with Crippen molar-refractivity contribution >= 4 is 5.97 Å². The van der Waals surface area contributed by atoms with Crippen LogP contribution in [0.25, 0.3) is 0 Å². The van der Waals surface area contributed by atoms with Gasteiger partial charge in [-0.1, -0.05) is 90.7 Å². The molecule has 2 heteroatoms. The molecule has 0 aliphatic heterocycles. The molecule has 3 fully saturated rings. The Morgan fingerprint density at radius 2 is 1.82 bits per heavy atom. The van der Waals surface area contributed by atoms with Crippen molar-refractivity contribution in [3.8, 4) is 0 Å². The van der Waals surface area contributed by atoms with Gasteiger partial charge < -0.3 is 4.74 Å². The average Bonchev–Trinajstić information content (AvgIpc) is 3.10. The maximum absolute atomic E-state index is 12.2. The van der Waals surface area contributed by atoms with Gasteiger partial charge in [0.1, 0.15) is 6.10 Å². The molecule has 3 saturated carbocycles. The Kier molecular flexibility index (Phi) is 9.70. The first-order chi connectivity index (χ1) is 16.1. The maximum Gasteiger partial charge on any atom is 0.306 e. The Labute approximate surface area is 210 Å². The van der Waals surface area contributed by atoms with Crippen molar-refractivity contribution in [2.45, 2.75) is 125 Å². The van der Waals surface area contributed by atoms with Crippen LogP contribution in [-0.2, 0) is 9.53 Å². The summed E-state index contributed by atoms with van der Waals surface area (Å²) in [6, 6.07) is 0. The van der Waals surface area contributed by atoms with E-state index in [0.29, 0.717) is 17.8 Å². The highest BCUT2D eigenvalue weighted by Gasteiger charge is 2.50. The van der Waals surface area contributed by atoms with Gasteiger partial charge in [-0.15, -0.1) is 0 Å². The topological polar surface area (TPSA) is 26.3 Å². The van der Waals surface area contributed by atoms with Crippen LogP contribution in [0.15, 0.2) is 35.5 Å². The van der Waals surface area contributed by atoms with Crippen LogP contribution >= 0.6 is 0 Å². The molecule has 3 rings (SSSR count). The van der Waals surface area contributed by atoms with E-state index in [-0.39, 0.29) is 12.1 Å². The van der Waals surface area contributed by atoms with Gasteiger partial charge in [0.05, 0.1) is 0 Å². The third-order valence-electron chi connectivity index (χ3n) is 9.21. The molecule has 0 saturated heterocycles. The lowest BCUT2D eigenvalue weighted by atomic mass is 9.60. The minimum absolute atomic E-state index is 0.0144. The summed E-state index contributed by atoms with van der Waals surface area (Å²) < 4.78 is 5.80. The van der Waals surface area contributed by atoms with E-state index < -0.39 is 0 Å². The third-order valence-corrected chi connectivity index (χ3v) is 9.21. The van der Waals surface area contributed by atoms with E-state index in [1.807, 2.05) is 0 Å². The summed E-state index contributed by atoms with van der Waals surface area (Å²) in [5, 5.41) is 0. The number of rotatable bonds is 9. The van der Waals surface area contributed by atoms with E-state index in [1.165, 1.54) is 62.5 Å². The standard InChI is InChI=1S/C32H52O2/c1-22(2)10-8-11-25(6)29-17-18-30-26(12-9-19-32(29,30)7)14-15-27-21-28(16-13-24(27)5)34-31(33)20-23(3)4/h14-15,22-23,25,28-30H,5,8-13,16-21H2,1-4,6-7H3/b26-14+,27-15-/t25-,28+,29-,30+,32-/m1/s1. The highest BCUT2D eigenvalue weighted by Crippen LogP contribution is 2.60. The van der Waals surface area contributed by atoms with Gasteiger partial charge in [-0.25, -0.2) is 0 Å². The smallest absolute Gasteiger partial charge is 0.306 e. The van der Waals surface area contributed by atoms with Crippen LogP contribution in [-0.4, -0.2) is 12.1 Å². The summed E-state index contributed by atoms with van der Waals surface area (Å²) in [7, 11) is 0. The van der Waals surface area contributed by atoms with Gasteiger partial charge in [-0.3, -0.25) is 4.79 Å². The third kappa shape index (κ3) is 6.88. The van der Waals surface area contributed by atoms with Gasteiger partial charge in [-0.05, 0) is 85.5 Å². The molecule has 0 amide bonds. The van der Waals surface area contributed by atoms with Crippen molar-refractivity contribution in [3.05, 3.63) is 35.5 Å². The molecule has 192 valence electrons. The van der Waals surface area contributed by atoms with E-state index in [0.717, 1.165) is 42.9 Å². The molecular weight excluding hydrogens is 416 g/mol. The Balaban J connectivity index is 1.66. The summed E-state index contributed by atoms with van der Waals surface area (Å²) in [4.78, 5) is 12.2. The average molecular weight is 469 g/mol. The molecule has 0 unspecified atom stereocenters. The molecule has 0 heterocycles. The van der Waals surface area contributed by atoms with E-state index in [9.17, 15) is 4.79 Å². The van der Waals surface area contributed by atoms with Crippen LogP contribution in [0.4, 0.5) is 0 Å². The van der Waals surface area contributed by atoms with Gasteiger partial charge in [0.25, 0.3) is 0 Å². The second-order valence-corrected chi connectivity index (χ2v) is 12.9. The summed E-state index contributed by atoms with van der Waals surface area (Å²) in [6.45, 7) is 18.3. The molecule has 0 N–H and O–H groups in total. The lowest BCUT2D eigenvalue weighted by molar-refractivity contribution is -0.150. The number of ether oxygens (including phenoxy) is 1. The molecule has 34 heavy (non-hydrogen) atoms. The lowest BCUT2D eigenvalue weighted by Gasteiger charge is -2.44. The first-order valence-electron chi connectivity index (χ1n) is 14.4. The minimum atomic E-state index is -0.0484. The van der Waals surface area contributed by atoms with E-state index in [2.05, 4.69) is 60.3 Å². The van der Waals surface area contributed by atoms with Crippen LogP contribution in [0.3, 0.4) is 0 Å². The van der Waals surface area contributed by atoms with E-state index >= 15 is 0 Å². The Bertz CT molecular complexity index is 770. The van der Waals surface area contributed by atoms with Crippen molar-refractivity contribution in [1.29, 1.82) is 0 Å². The van der Waals surface area contributed by atoms with Gasteiger partial charge >= 0.3 is 5.97 Å². The molecule has 0 aromatic heterocycles. The van der Waals surface area contributed by atoms with Gasteiger partial charge in [-0.2, -0.15) is 0 Å². The zero-order chi connectivity index (χ0) is 24.9. The van der Waals surface area contributed by atoms with Crippen molar-refractivity contribution in [2.24, 2.45) is 35.0 Å². The number of allylic oxidation sites excluding steroid dienone is 4. The highest BCUT2D eigenvalue weighted by molar-refractivity contribution is 5.69. The molecule has 2 nitrogen and oxygen atoms in total. The van der Waals surface area contributed by atoms with Crippen LogP contribution in [0.1, 0.15) is 119 Å². The molecule has 0 aromatic carbocycles. The highest BCUT2D eigenvalue weighted by atomic mass is 16.5. The number of carbonyl (C=O) groups excluding carboxylic acids is 1. The van der Waals surface area contributed by atoms with Gasteiger partial charge in [0.15, 0.2) is 0 Å². The van der Waals surface area contributed by atoms with Crippen LogP contribution in [0.5, 0.6) is 0 Å². The summed E-state index contributed by atoms with van der Waals surface area (Å²) >= 11 is 0. The first-order valence-corrected chi connectivity index (χ1v) is 14.4. The zero-order valence-electron chi connectivity index (χ0n) is 23.1. The van der Waals surface area contributed by atoms with E-state index in [1.54, 1.807) is 5.57 Å². The summed E-state index contributed by atoms with van der Waals surface area (Å²) in [5.74, 6) is 3.57. The number of carbonyl (C=O) groups is 1. The van der Waals surface area contributed by atoms with Crippen molar-refractivity contribution in [3.63, 3.8) is 0 Å². The molecule has 5 atom stereocenters. The molecule has 3 aliphatic carbocycles. The van der Waals surface area contributed by atoms with Crippen molar-refractivity contribution in [2.75, 3.05) is 0 Å². The second kappa shape index (κ2) is 12.1. The Morgan fingerprint density at radius 1 is 1.06 bits per heavy atom. The molecular formula is C32H52O2. The fraction of sp³-hybridized carbons (Fsp3) is 0.781. The fourth-order valence-corrected chi connectivity index (χ4v) is 7.31. The van der Waals surface area contributed by atoms with Crippen molar-refractivity contribution in [1.82, 2.24) is 0 Å². The number of esters is 1. The minimum Gasteiger partial charge on any atom is -0.462 e. The fourth-order valence-electron chi connectivity index (χ4n) is 7.31.